The number of amides is 2. The number of likely N-dealkylation sites (tertiary alicyclic amines) is 1. The molecule has 0 aromatic heterocycles. The van der Waals surface area contributed by atoms with Crippen LogP contribution in [-0.4, -0.2) is 84.4 Å². The first-order valence-corrected chi connectivity index (χ1v) is 13.6. The molecule has 5 rings (SSSR count). The molecule has 0 radical (unpaired) electrons. The van der Waals surface area contributed by atoms with Crippen molar-refractivity contribution in [3.63, 3.8) is 0 Å². The lowest BCUT2D eigenvalue weighted by atomic mass is 9.74. The van der Waals surface area contributed by atoms with Gasteiger partial charge < -0.3 is 29.3 Å². The molecule has 5 atom stereocenters. The summed E-state index contributed by atoms with van der Waals surface area (Å²) < 4.78 is 12.3. The van der Waals surface area contributed by atoms with Crippen LogP contribution in [0.2, 0.25) is 0 Å². The Labute approximate surface area is 223 Å². The van der Waals surface area contributed by atoms with Crippen molar-refractivity contribution < 1.29 is 29.0 Å². The molecule has 1 spiro atoms. The number of β-amino-alcohol motifs (C(OH)–C–C–N with tert-alkyl or cyclic N) is 1. The molecule has 4 aliphatic heterocycles. The third kappa shape index (κ3) is 4.03. The first kappa shape index (κ1) is 26.4. The fraction of sp³-hybridized carbons (Fsp3) is 0.552. The number of fused-ring (bicyclic) bond motifs is 2. The summed E-state index contributed by atoms with van der Waals surface area (Å²) in [6.07, 6.45) is 8.87. The van der Waals surface area contributed by atoms with Gasteiger partial charge in [-0.1, -0.05) is 24.3 Å². The summed E-state index contributed by atoms with van der Waals surface area (Å²) in [6, 6.07) is 6.79. The fourth-order valence-corrected chi connectivity index (χ4v) is 6.65. The zero-order valence-corrected chi connectivity index (χ0v) is 22.3. The van der Waals surface area contributed by atoms with Gasteiger partial charge in [-0.15, -0.1) is 0 Å². The molecule has 1 aromatic rings. The summed E-state index contributed by atoms with van der Waals surface area (Å²) >= 11 is 0. The van der Waals surface area contributed by atoms with Crippen LogP contribution in [0.3, 0.4) is 0 Å². The van der Waals surface area contributed by atoms with E-state index in [1.807, 2.05) is 42.5 Å². The SMILES string of the molecule is CCN(CC)c1ccc(N2CC=C[C@]34O[C@]5(C)/C=C\CCCOC(=O)[C@@H]5[C@H]3C(=O)N(CCO)C4C2=O)cc1. The second kappa shape index (κ2) is 10.2. The fourth-order valence-electron chi connectivity index (χ4n) is 6.65. The Morgan fingerprint density at radius 2 is 1.76 bits per heavy atom. The van der Waals surface area contributed by atoms with Gasteiger partial charge >= 0.3 is 5.97 Å². The van der Waals surface area contributed by atoms with Crippen LogP contribution in [0.15, 0.2) is 48.6 Å². The molecule has 1 N–H and O–H groups in total. The average molecular weight is 524 g/mol. The Kier molecular flexibility index (Phi) is 7.09. The highest BCUT2D eigenvalue weighted by atomic mass is 16.6. The number of aliphatic hydroxyl groups excluding tert-OH is 1. The van der Waals surface area contributed by atoms with E-state index in [4.69, 9.17) is 9.47 Å². The molecule has 1 unspecified atom stereocenters. The van der Waals surface area contributed by atoms with Gasteiger partial charge in [-0.25, -0.2) is 0 Å². The van der Waals surface area contributed by atoms with E-state index in [9.17, 15) is 19.5 Å². The predicted molar refractivity (Wildman–Crippen MR) is 143 cm³/mol. The van der Waals surface area contributed by atoms with Crippen molar-refractivity contribution in [2.24, 2.45) is 11.8 Å². The first-order chi connectivity index (χ1) is 18.3. The van der Waals surface area contributed by atoms with Crippen molar-refractivity contribution in [3.8, 4) is 0 Å². The second-order valence-electron chi connectivity index (χ2n) is 10.5. The maximum atomic E-state index is 14.3. The van der Waals surface area contributed by atoms with E-state index in [2.05, 4.69) is 18.7 Å². The van der Waals surface area contributed by atoms with Gasteiger partial charge in [-0.2, -0.15) is 0 Å². The molecule has 0 aliphatic carbocycles. The first-order valence-electron chi connectivity index (χ1n) is 13.6. The van der Waals surface area contributed by atoms with E-state index in [1.54, 1.807) is 17.9 Å². The maximum Gasteiger partial charge on any atom is 0.313 e. The van der Waals surface area contributed by atoms with Crippen molar-refractivity contribution >= 4 is 29.2 Å². The standard InChI is InChI=1S/C29H37N3O6/c1-4-30(5-2)20-10-12-21(13-11-20)31-16-9-15-29-22(25(34)32(17-18-33)24(29)26(31)35)23-27(36)37-19-8-6-7-14-28(23,3)38-29/h7,9-15,22-24,33H,4-6,8,16-19H2,1-3H3/b14-7-/t22-,23-,24?,28+,29-/m0/s1. The van der Waals surface area contributed by atoms with Gasteiger partial charge in [0.2, 0.25) is 5.91 Å². The average Bonchev–Trinajstić information content (AvgIpc) is 3.25. The zero-order valence-electron chi connectivity index (χ0n) is 22.3. The highest BCUT2D eigenvalue weighted by Crippen LogP contribution is 2.57. The number of hydrogen-bond acceptors (Lipinski definition) is 7. The Morgan fingerprint density at radius 3 is 2.45 bits per heavy atom. The van der Waals surface area contributed by atoms with Gasteiger partial charge in [-0.3, -0.25) is 14.4 Å². The maximum absolute atomic E-state index is 14.3. The molecular weight excluding hydrogens is 486 g/mol. The molecule has 2 fully saturated rings. The van der Waals surface area contributed by atoms with Gasteiger partial charge in [0.1, 0.15) is 17.6 Å². The molecular formula is C29H37N3O6. The van der Waals surface area contributed by atoms with E-state index in [0.29, 0.717) is 18.7 Å². The Hall–Kier alpha value is -3.17. The number of cyclic esters (lactones) is 1. The number of nitrogens with zero attached hydrogens (tertiary/aromatic N) is 3. The molecule has 9 heteroatoms. The highest BCUT2D eigenvalue weighted by Gasteiger charge is 2.74. The lowest BCUT2D eigenvalue weighted by Crippen LogP contribution is -2.56. The molecule has 2 saturated heterocycles. The third-order valence-electron chi connectivity index (χ3n) is 8.38. The largest absolute Gasteiger partial charge is 0.465 e. The summed E-state index contributed by atoms with van der Waals surface area (Å²) in [7, 11) is 0. The Morgan fingerprint density at radius 1 is 1.03 bits per heavy atom. The minimum atomic E-state index is -1.36. The van der Waals surface area contributed by atoms with Gasteiger partial charge in [0.15, 0.2) is 0 Å². The molecule has 0 saturated carbocycles. The van der Waals surface area contributed by atoms with E-state index < -0.39 is 35.0 Å². The van der Waals surface area contributed by atoms with E-state index in [-0.39, 0.29) is 31.6 Å². The van der Waals surface area contributed by atoms with Gasteiger partial charge in [-0.05, 0) is 57.9 Å². The highest BCUT2D eigenvalue weighted by molar-refractivity contribution is 6.05. The molecule has 2 amide bonds. The topological polar surface area (TPSA) is 99.6 Å². The van der Waals surface area contributed by atoms with Crippen molar-refractivity contribution in [3.05, 3.63) is 48.6 Å². The van der Waals surface area contributed by atoms with Crippen LogP contribution in [-0.2, 0) is 23.9 Å². The lowest BCUT2D eigenvalue weighted by Gasteiger charge is -2.37. The smallest absolute Gasteiger partial charge is 0.313 e. The van der Waals surface area contributed by atoms with E-state index in [0.717, 1.165) is 25.2 Å². The van der Waals surface area contributed by atoms with Crippen molar-refractivity contribution in [2.75, 3.05) is 49.2 Å². The number of esters is 1. The van der Waals surface area contributed by atoms with Crippen LogP contribution in [0.25, 0.3) is 0 Å². The summed E-state index contributed by atoms with van der Waals surface area (Å²) in [5.41, 5.74) is -0.702. The van der Waals surface area contributed by atoms with Crippen LogP contribution in [0.4, 0.5) is 11.4 Å². The number of rotatable bonds is 6. The number of aliphatic hydroxyl groups is 1. The number of benzene rings is 1. The van der Waals surface area contributed by atoms with E-state index >= 15 is 0 Å². The van der Waals surface area contributed by atoms with E-state index in [1.165, 1.54) is 4.90 Å². The number of carbonyl (C=O) groups is 3. The molecule has 38 heavy (non-hydrogen) atoms. The zero-order chi connectivity index (χ0) is 27.1. The number of hydrogen-bond donors (Lipinski definition) is 1. The van der Waals surface area contributed by atoms with Crippen molar-refractivity contribution in [2.45, 2.75) is 50.9 Å². The molecule has 204 valence electrons. The number of allylic oxidation sites excluding steroid dienone is 1. The van der Waals surface area contributed by atoms with Crippen LogP contribution < -0.4 is 9.80 Å². The molecule has 0 bridgehead atoms. The Balaban J connectivity index is 1.57. The van der Waals surface area contributed by atoms with Crippen molar-refractivity contribution in [1.29, 1.82) is 0 Å². The summed E-state index contributed by atoms with van der Waals surface area (Å²) in [5, 5.41) is 9.83. The third-order valence-corrected chi connectivity index (χ3v) is 8.38. The normalized spacial score (nSPS) is 33.5. The summed E-state index contributed by atoms with van der Waals surface area (Å²) in [5.74, 6) is -3.02. The van der Waals surface area contributed by atoms with Crippen LogP contribution in [0.5, 0.6) is 0 Å². The quantitative estimate of drug-likeness (QED) is 0.451. The van der Waals surface area contributed by atoms with Gasteiger partial charge in [0.25, 0.3) is 5.91 Å². The van der Waals surface area contributed by atoms with Crippen LogP contribution in [0, 0.1) is 11.8 Å². The second-order valence-corrected chi connectivity index (χ2v) is 10.5. The van der Waals surface area contributed by atoms with Crippen molar-refractivity contribution in [1.82, 2.24) is 4.90 Å². The summed E-state index contributed by atoms with van der Waals surface area (Å²) in [6.45, 7) is 7.95. The molecule has 1 aromatic carbocycles. The lowest BCUT2D eigenvalue weighted by molar-refractivity contribution is -0.158. The predicted octanol–water partition coefficient (Wildman–Crippen LogP) is 2.29. The molecule has 4 aliphatic rings. The van der Waals surface area contributed by atoms with Gasteiger partial charge in [0, 0.05) is 37.6 Å². The Bertz CT molecular complexity index is 1150. The van der Waals surface area contributed by atoms with Crippen LogP contribution >= 0.6 is 0 Å². The molecule has 4 heterocycles. The number of carbonyl (C=O) groups excluding carboxylic acids is 3. The van der Waals surface area contributed by atoms with Crippen LogP contribution in [0.1, 0.15) is 33.6 Å². The number of anilines is 2. The van der Waals surface area contributed by atoms with Gasteiger partial charge in [0.05, 0.1) is 24.7 Å². The monoisotopic (exact) mass is 523 g/mol. The summed E-state index contributed by atoms with van der Waals surface area (Å²) in [4.78, 5) is 46.8. The number of ether oxygens (including phenoxy) is 2. The minimum Gasteiger partial charge on any atom is -0.465 e. The molecule has 9 nitrogen and oxygen atoms in total. The minimum absolute atomic E-state index is 0.0340.